The Morgan fingerprint density at radius 2 is 2.21 bits per heavy atom. The summed E-state index contributed by atoms with van der Waals surface area (Å²) in [6.45, 7) is 0.895. The van der Waals surface area contributed by atoms with Crippen molar-refractivity contribution in [3.05, 3.63) is 52.2 Å². The van der Waals surface area contributed by atoms with E-state index in [0.717, 1.165) is 25.1 Å². The predicted octanol–water partition coefficient (Wildman–Crippen LogP) is 3.85. The first-order chi connectivity index (χ1) is 9.34. The van der Waals surface area contributed by atoms with Crippen LogP contribution in [0.1, 0.15) is 29.9 Å². The number of para-hydroxylation sites is 1. The number of carbonyl (C=O) groups is 1. The first kappa shape index (κ1) is 12.4. The smallest absolute Gasteiger partial charge is 0.140 e. The summed E-state index contributed by atoms with van der Waals surface area (Å²) in [6.07, 6.45) is 2.43. The van der Waals surface area contributed by atoms with Crippen molar-refractivity contribution >= 4 is 22.8 Å². The van der Waals surface area contributed by atoms with Gasteiger partial charge < -0.3 is 5.32 Å². The minimum atomic E-state index is 0.0797. The SMILES string of the molecule is O=C(CCc1ccsc1)C1CCNc2ccccc21. The molecule has 19 heavy (non-hydrogen) atoms. The van der Waals surface area contributed by atoms with E-state index in [0.29, 0.717) is 12.2 Å². The summed E-state index contributed by atoms with van der Waals surface area (Å²) in [7, 11) is 0. The highest BCUT2D eigenvalue weighted by Gasteiger charge is 2.25. The van der Waals surface area contributed by atoms with Crippen LogP contribution in [0, 0.1) is 0 Å². The summed E-state index contributed by atoms with van der Waals surface area (Å²) in [5.74, 6) is 0.455. The van der Waals surface area contributed by atoms with Crippen molar-refractivity contribution in [1.29, 1.82) is 0 Å². The van der Waals surface area contributed by atoms with Crippen molar-refractivity contribution in [2.45, 2.75) is 25.2 Å². The van der Waals surface area contributed by atoms with Crippen LogP contribution < -0.4 is 5.32 Å². The summed E-state index contributed by atoms with van der Waals surface area (Å²) < 4.78 is 0. The summed E-state index contributed by atoms with van der Waals surface area (Å²) in [6, 6.07) is 10.3. The molecule has 1 aromatic heterocycles. The maximum Gasteiger partial charge on any atom is 0.140 e. The number of thiophene rings is 1. The summed E-state index contributed by atoms with van der Waals surface area (Å²) in [5, 5.41) is 7.56. The van der Waals surface area contributed by atoms with E-state index in [1.165, 1.54) is 11.1 Å². The molecule has 0 aliphatic carbocycles. The third-order valence-electron chi connectivity index (χ3n) is 3.71. The minimum absolute atomic E-state index is 0.0797. The van der Waals surface area contributed by atoms with Crippen molar-refractivity contribution in [2.75, 3.05) is 11.9 Å². The van der Waals surface area contributed by atoms with Crippen LogP contribution in [-0.4, -0.2) is 12.3 Å². The zero-order chi connectivity index (χ0) is 13.1. The summed E-state index contributed by atoms with van der Waals surface area (Å²) >= 11 is 1.69. The largest absolute Gasteiger partial charge is 0.385 e. The number of rotatable bonds is 4. The second kappa shape index (κ2) is 5.57. The number of fused-ring (bicyclic) bond motifs is 1. The Bertz CT molecular complexity index is 562. The van der Waals surface area contributed by atoms with Crippen LogP contribution in [0.2, 0.25) is 0 Å². The molecule has 1 aromatic carbocycles. The third-order valence-corrected chi connectivity index (χ3v) is 4.45. The van der Waals surface area contributed by atoms with E-state index in [-0.39, 0.29) is 5.92 Å². The number of aryl methyl sites for hydroxylation is 1. The zero-order valence-corrected chi connectivity index (χ0v) is 11.6. The predicted molar refractivity (Wildman–Crippen MR) is 79.9 cm³/mol. The molecular formula is C16H17NOS. The summed E-state index contributed by atoms with van der Waals surface area (Å²) in [4.78, 5) is 12.4. The van der Waals surface area contributed by atoms with Gasteiger partial charge in [-0.2, -0.15) is 11.3 Å². The van der Waals surface area contributed by atoms with Gasteiger partial charge in [0, 0.05) is 24.6 Å². The van der Waals surface area contributed by atoms with E-state index >= 15 is 0 Å². The van der Waals surface area contributed by atoms with Gasteiger partial charge in [-0.1, -0.05) is 18.2 Å². The van der Waals surface area contributed by atoms with Crippen molar-refractivity contribution in [2.24, 2.45) is 0 Å². The van der Waals surface area contributed by atoms with Gasteiger partial charge >= 0.3 is 0 Å². The molecule has 3 heteroatoms. The van der Waals surface area contributed by atoms with E-state index in [1.54, 1.807) is 11.3 Å². The first-order valence-electron chi connectivity index (χ1n) is 6.71. The lowest BCUT2D eigenvalue weighted by Crippen LogP contribution is -2.23. The van der Waals surface area contributed by atoms with Crippen LogP contribution in [0.4, 0.5) is 5.69 Å². The first-order valence-corrected chi connectivity index (χ1v) is 7.65. The highest BCUT2D eigenvalue weighted by atomic mass is 32.1. The van der Waals surface area contributed by atoms with Crippen LogP contribution in [-0.2, 0) is 11.2 Å². The van der Waals surface area contributed by atoms with Gasteiger partial charge in [0.2, 0.25) is 0 Å². The molecule has 1 aliphatic rings. The van der Waals surface area contributed by atoms with Gasteiger partial charge in [-0.15, -0.1) is 0 Å². The van der Waals surface area contributed by atoms with Crippen LogP contribution in [0.5, 0.6) is 0 Å². The summed E-state index contributed by atoms with van der Waals surface area (Å²) in [5.41, 5.74) is 3.58. The number of carbonyl (C=O) groups excluding carboxylic acids is 1. The highest BCUT2D eigenvalue weighted by molar-refractivity contribution is 7.07. The van der Waals surface area contributed by atoms with Gasteiger partial charge in [0.1, 0.15) is 5.78 Å². The van der Waals surface area contributed by atoms with Crippen LogP contribution in [0.15, 0.2) is 41.1 Å². The third kappa shape index (κ3) is 2.71. The number of Topliss-reactive ketones (excluding diaryl/α,β-unsaturated/α-hetero) is 1. The zero-order valence-electron chi connectivity index (χ0n) is 10.8. The van der Waals surface area contributed by atoms with E-state index < -0.39 is 0 Å². The maximum atomic E-state index is 12.4. The van der Waals surface area contributed by atoms with E-state index in [2.05, 4.69) is 34.3 Å². The van der Waals surface area contributed by atoms with Crippen LogP contribution in [0.25, 0.3) is 0 Å². The van der Waals surface area contributed by atoms with Crippen molar-refractivity contribution < 1.29 is 4.79 Å². The van der Waals surface area contributed by atoms with Crippen molar-refractivity contribution in [3.8, 4) is 0 Å². The Labute approximate surface area is 117 Å². The lowest BCUT2D eigenvalue weighted by Gasteiger charge is -2.25. The molecule has 2 heterocycles. The molecule has 3 rings (SSSR count). The molecule has 1 N–H and O–H groups in total. The Kier molecular flexibility index (Phi) is 3.65. The molecule has 1 unspecified atom stereocenters. The number of nitrogens with one attached hydrogen (secondary N) is 1. The standard InChI is InChI=1S/C16H17NOS/c18-16(6-5-12-8-10-19-11-12)14-7-9-17-15-4-2-1-3-13(14)15/h1-4,8,10-11,14,17H,5-7,9H2. The maximum absolute atomic E-state index is 12.4. The number of hydrogen-bond acceptors (Lipinski definition) is 3. The van der Waals surface area contributed by atoms with Gasteiger partial charge in [0.25, 0.3) is 0 Å². The average molecular weight is 271 g/mol. The molecule has 2 nitrogen and oxygen atoms in total. The Morgan fingerprint density at radius 3 is 3.05 bits per heavy atom. The molecule has 0 saturated heterocycles. The molecule has 0 spiro atoms. The number of benzene rings is 1. The molecular weight excluding hydrogens is 254 g/mol. The molecule has 1 aliphatic heterocycles. The molecule has 0 bridgehead atoms. The molecule has 0 radical (unpaired) electrons. The molecule has 98 valence electrons. The Balaban J connectivity index is 1.71. The number of anilines is 1. The van der Waals surface area contributed by atoms with Gasteiger partial charge in [-0.05, 0) is 46.9 Å². The van der Waals surface area contributed by atoms with Crippen molar-refractivity contribution in [3.63, 3.8) is 0 Å². The second-order valence-corrected chi connectivity index (χ2v) is 5.73. The number of hydrogen-bond donors (Lipinski definition) is 1. The minimum Gasteiger partial charge on any atom is -0.385 e. The lowest BCUT2D eigenvalue weighted by atomic mass is 9.85. The normalized spacial score (nSPS) is 17.6. The van der Waals surface area contributed by atoms with Crippen LogP contribution >= 0.6 is 11.3 Å². The average Bonchev–Trinajstić information content (AvgIpc) is 2.97. The highest BCUT2D eigenvalue weighted by Crippen LogP contribution is 2.32. The fourth-order valence-corrected chi connectivity index (χ4v) is 3.38. The molecule has 0 fully saturated rings. The van der Waals surface area contributed by atoms with E-state index in [1.807, 2.05) is 12.1 Å². The fourth-order valence-electron chi connectivity index (χ4n) is 2.68. The topological polar surface area (TPSA) is 29.1 Å². The fraction of sp³-hybridized carbons (Fsp3) is 0.312. The Hall–Kier alpha value is -1.61. The quantitative estimate of drug-likeness (QED) is 0.915. The lowest BCUT2D eigenvalue weighted by molar-refractivity contribution is -0.120. The van der Waals surface area contributed by atoms with Crippen LogP contribution in [0.3, 0.4) is 0 Å². The molecule has 0 amide bonds. The van der Waals surface area contributed by atoms with E-state index in [4.69, 9.17) is 0 Å². The van der Waals surface area contributed by atoms with Crippen molar-refractivity contribution in [1.82, 2.24) is 0 Å². The monoisotopic (exact) mass is 271 g/mol. The van der Waals surface area contributed by atoms with Gasteiger partial charge in [0.05, 0.1) is 0 Å². The molecule has 0 saturated carbocycles. The van der Waals surface area contributed by atoms with E-state index in [9.17, 15) is 4.79 Å². The second-order valence-electron chi connectivity index (χ2n) is 4.95. The Morgan fingerprint density at radius 1 is 1.32 bits per heavy atom. The molecule has 2 aromatic rings. The van der Waals surface area contributed by atoms with Gasteiger partial charge in [-0.3, -0.25) is 4.79 Å². The molecule has 1 atom stereocenters. The van der Waals surface area contributed by atoms with Gasteiger partial charge in [-0.25, -0.2) is 0 Å². The van der Waals surface area contributed by atoms with Gasteiger partial charge in [0.15, 0.2) is 0 Å². The number of ketones is 1.